The second-order valence-electron chi connectivity index (χ2n) is 6.33. The first-order chi connectivity index (χ1) is 13.2. The molecule has 0 unspecified atom stereocenters. The number of nitrogens with zero attached hydrogens (tertiary/aromatic N) is 3. The van der Waals surface area contributed by atoms with Crippen molar-refractivity contribution in [1.29, 1.82) is 0 Å². The van der Waals surface area contributed by atoms with Crippen molar-refractivity contribution in [3.63, 3.8) is 0 Å². The number of carbonyl (C=O) groups is 1. The van der Waals surface area contributed by atoms with E-state index in [9.17, 15) is 9.18 Å². The first-order valence-corrected chi connectivity index (χ1v) is 9.64. The summed E-state index contributed by atoms with van der Waals surface area (Å²) in [5, 5.41) is 4.99. The highest BCUT2D eigenvalue weighted by Gasteiger charge is 2.16. The van der Waals surface area contributed by atoms with Crippen molar-refractivity contribution in [2.45, 2.75) is 19.5 Å². The van der Waals surface area contributed by atoms with Gasteiger partial charge < -0.3 is 14.5 Å². The second-order valence-corrected chi connectivity index (χ2v) is 7.27. The zero-order valence-electron chi connectivity index (χ0n) is 14.6. The fraction of sp³-hybridized carbons (Fsp3) is 0.200. The molecule has 0 aliphatic rings. The Balaban J connectivity index is 1.48. The number of halogens is 1. The first-order valence-electron chi connectivity index (χ1n) is 8.76. The third-order valence-electron chi connectivity index (χ3n) is 4.42. The normalized spacial score (nSPS) is 11.1. The number of rotatable bonds is 7. The second kappa shape index (κ2) is 7.75. The van der Waals surface area contributed by atoms with E-state index in [1.54, 1.807) is 29.9 Å². The zero-order chi connectivity index (χ0) is 18.6. The zero-order valence-corrected chi connectivity index (χ0v) is 15.5. The SMILES string of the molecule is O=C(NCCCn1ccnc1)c1cc2sccc2n1Cc1cccc(F)c1. The van der Waals surface area contributed by atoms with E-state index in [4.69, 9.17) is 0 Å². The molecule has 3 heterocycles. The number of nitrogens with one attached hydrogen (secondary N) is 1. The predicted molar refractivity (Wildman–Crippen MR) is 104 cm³/mol. The Kier molecular flexibility index (Phi) is 5.02. The number of aryl methyl sites for hydroxylation is 1. The molecule has 0 aliphatic carbocycles. The standard InChI is InChI=1S/C20H19FN4OS/c21-16-4-1-3-15(11-16)13-25-17-5-10-27-19(17)12-18(25)20(26)23-6-2-8-24-9-7-22-14-24/h1,3-5,7,9-12,14H,2,6,8,13H2,(H,23,26). The molecule has 27 heavy (non-hydrogen) atoms. The highest BCUT2D eigenvalue weighted by atomic mass is 32.1. The van der Waals surface area contributed by atoms with Crippen LogP contribution in [0.4, 0.5) is 4.39 Å². The summed E-state index contributed by atoms with van der Waals surface area (Å²) in [5.74, 6) is -0.382. The van der Waals surface area contributed by atoms with Crippen LogP contribution in [0, 0.1) is 5.82 Å². The van der Waals surface area contributed by atoms with Crippen LogP contribution in [0.5, 0.6) is 0 Å². The van der Waals surface area contributed by atoms with Gasteiger partial charge in [-0.05, 0) is 41.6 Å². The van der Waals surface area contributed by atoms with Gasteiger partial charge in [0.25, 0.3) is 5.91 Å². The third-order valence-corrected chi connectivity index (χ3v) is 5.28. The average Bonchev–Trinajstić information content (AvgIpc) is 3.38. The van der Waals surface area contributed by atoms with Crippen molar-refractivity contribution in [2.75, 3.05) is 6.54 Å². The summed E-state index contributed by atoms with van der Waals surface area (Å²) in [4.78, 5) is 16.7. The topological polar surface area (TPSA) is 51.9 Å². The van der Waals surface area contributed by atoms with Gasteiger partial charge in [-0.25, -0.2) is 9.37 Å². The predicted octanol–water partition coefficient (Wildman–Crippen LogP) is 3.91. The fourth-order valence-corrected chi connectivity index (χ4v) is 3.95. The van der Waals surface area contributed by atoms with Crippen LogP contribution in [0.3, 0.4) is 0 Å². The van der Waals surface area contributed by atoms with E-state index < -0.39 is 0 Å². The van der Waals surface area contributed by atoms with Gasteiger partial charge in [0.15, 0.2) is 0 Å². The van der Waals surface area contributed by atoms with Gasteiger partial charge in [0, 0.05) is 32.0 Å². The monoisotopic (exact) mass is 382 g/mol. The number of hydrogen-bond acceptors (Lipinski definition) is 3. The molecule has 0 fully saturated rings. The molecular formula is C20H19FN4OS. The van der Waals surface area contributed by atoms with Crippen LogP contribution in [-0.2, 0) is 13.1 Å². The molecule has 4 aromatic rings. The molecule has 7 heteroatoms. The van der Waals surface area contributed by atoms with Crippen LogP contribution in [0.1, 0.15) is 22.5 Å². The number of benzene rings is 1. The molecule has 4 rings (SSSR count). The molecule has 5 nitrogen and oxygen atoms in total. The lowest BCUT2D eigenvalue weighted by Gasteiger charge is -2.11. The molecular weight excluding hydrogens is 363 g/mol. The highest BCUT2D eigenvalue weighted by molar-refractivity contribution is 7.17. The number of amides is 1. The molecule has 0 spiro atoms. The molecule has 0 radical (unpaired) electrons. The van der Waals surface area contributed by atoms with Gasteiger partial charge in [-0.2, -0.15) is 0 Å². The van der Waals surface area contributed by atoms with E-state index in [0.717, 1.165) is 28.7 Å². The Morgan fingerprint density at radius 3 is 3.00 bits per heavy atom. The maximum atomic E-state index is 13.5. The highest BCUT2D eigenvalue weighted by Crippen LogP contribution is 2.26. The summed E-state index contributed by atoms with van der Waals surface area (Å²) < 4.78 is 18.5. The van der Waals surface area contributed by atoms with Gasteiger partial charge in [0.05, 0.1) is 16.5 Å². The lowest BCUT2D eigenvalue weighted by Crippen LogP contribution is -2.27. The number of imidazole rings is 1. The number of carbonyl (C=O) groups excluding carboxylic acids is 1. The van der Waals surface area contributed by atoms with Crippen LogP contribution in [-0.4, -0.2) is 26.6 Å². The van der Waals surface area contributed by atoms with Crippen molar-refractivity contribution < 1.29 is 9.18 Å². The maximum Gasteiger partial charge on any atom is 0.267 e. The Hall–Kier alpha value is -2.93. The van der Waals surface area contributed by atoms with Crippen molar-refractivity contribution in [3.8, 4) is 0 Å². The summed E-state index contributed by atoms with van der Waals surface area (Å²) in [7, 11) is 0. The Bertz CT molecular complexity index is 1050. The molecule has 0 bridgehead atoms. The molecule has 0 atom stereocenters. The lowest BCUT2D eigenvalue weighted by atomic mass is 10.2. The van der Waals surface area contributed by atoms with E-state index in [2.05, 4.69) is 10.3 Å². The first kappa shape index (κ1) is 17.5. The third kappa shape index (κ3) is 3.93. The Morgan fingerprint density at radius 1 is 1.26 bits per heavy atom. The van der Waals surface area contributed by atoms with Gasteiger partial charge in [0.2, 0.25) is 0 Å². The summed E-state index contributed by atoms with van der Waals surface area (Å²) in [6, 6.07) is 10.4. The van der Waals surface area contributed by atoms with Crippen molar-refractivity contribution in [1.82, 2.24) is 19.4 Å². The van der Waals surface area contributed by atoms with Gasteiger partial charge in [-0.15, -0.1) is 11.3 Å². The Labute approximate surface area is 160 Å². The molecule has 0 aliphatic heterocycles. The van der Waals surface area contributed by atoms with Gasteiger partial charge in [-0.3, -0.25) is 4.79 Å². The molecule has 0 saturated carbocycles. The number of fused-ring (bicyclic) bond motifs is 1. The van der Waals surface area contributed by atoms with Gasteiger partial charge in [0.1, 0.15) is 11.5 Å². The van der Waals surface area contributed by atoms with Crippen LogP contribution in [0.15, 0.2) is 60.5 Å². The van der Waals surface area contributed by atoms with Gasteiger partial charge in [-0.1, -0.05) is 12.1 Å². The van der Waals surface area contributed by atoms with E-state index in [1.165, 1.54) is 12.1 Å². The largest absolute Gasteiger partial charge is 0.351 e. The fourth-order valence-electron chi connectivity index (χ4n) is 3.13. The average molecular weight is 382 g/mol. The summed E-state index contributed by atoms with van der Waals surface area (Å²) in [6.45, 7) is 1.84. The van der Waals surface area contributed by atoms with E-state index >= 15 is 0 Å². The molecule has 0 saturated heterocycles. The summed E-state index contributed by atoms with van der Waals surface area (Å²) in [5.41, 5.74) is 2.42. The Morgan fingerprint density at radius 2 is 2.19 bits per heavy atom. The minimum atomic E-state index is -0.272. The van der Waals surface area contributed by atoms with Crippen LogP contribution >= 0.6 is 11.3 Å². The maximum absolute atomic E-state index is 13.5. The number of aromatic nitrogens is 3. The van der Waals surface area contributed by atoms with Crippen molar-refractivity contribution in [2.24, 2.45) is 0 Å². The minimum absolute atomic E-state index is 0.111. The summed E-state index contributed by atoms with van der Waals surface area (Å²) in [6.07, 6.45) is 6.23. The van der Waals surface area contributed by atoms with Crippen LogP contribution in [0.25, 0.3) is 10.2 Å². The quantitative estimate of drug-likeness (QED) is 0.493. The molecule has 1 amide bonds. The molecule has 1 aromatic carbocycles. The van der Waals surface area contributed by atoms with E-state index in [1.807, 2.05) is 38.9 Å². The number of thiophene rings is 1. The summed E-state index contributed by atoms with van der Waals surface area (Å²) >= 11 is 1.59. The molecule has 3 aromatic heterocycles. The van der Waals surface area contributed by atoms with Crippen molar-refractivity contribution >= 4 is 27.5 Å². The minimum Gasteiger partial charge on any atom is -0.351 e. The van der Waals surface area contributed by atoms with Gasteiger partial charge >= 0.3 is 0 Å². The van der Waals surface area contributed by atoms with E-state index in [-0.39, 0.29) is 11.7 Å². The van der Waals surface area contributed by atoms with Crippen molar-refractivity contribution in [3.05, 3.63) is 77.6 Å². The smallest absolute Gasteiger partial charge is 0.267 e. The van der Waals surface area contributed by atoms with Crippen LogP contribution in [0.2, 0.25) is 0 Å². The molecule has 1 N–H and O–H groups in total. The number of hydrogen-bond donors (Lipinski definition) is 1. The van der Waals surface area contributed by atoms with Crippen LogP contribution < -0.4 is 5.32 Å². The molecule has 138 valence electrons. The lowest BCUT2D eigenvalue weighted by molar-refractivity contribution is 0.0944. The van der Waals surface area contributed by atoms with E-state index in [0.29, 0.717) is 18.8 Å².